The molecule has 5 rings (SSSR count). The Labute approximate surface area is 174 Å². The van der Waals surface area contributed by atoms with Gasteiger partial charge in [0, 0.05) is 48.7 Å². The summed E-state index contributed by atoms with van der Waals surface area (Å²) in [5.74, 6) is 2.39. The second-order valence-electron chi connectivity index (χ2n) is 7.74. The van der Waals surface area contributed by atoms with E-state index in [0.717, 1.165) is 59.8 Å². The lowest BCUT2D eigenvalue weighted by molar-refractivity contribution is 0.305. The molecule has 2 unspecified atom stereocenters. The van der Waals surface area contributed by atoms with Gasteiger partial charge in [0.15, 0.2) is 0 Å². The number of thiazole rings is 1. The van der Waals surface area contributed by atoms with Crippen LogP contribution >= 0.6 is 22.9 Å². The Hall–Kier alpha value is -2.02. The molecule has 3 aromatic rings. The van der Waals surface area contributed by atoms with Gasteiger partial charge in [-0.15, -0.1) is 11.3 Å². The van der Waals surface area contributed by atoms with Crippen molar-refractivity contribution in [2.24, 2.45) is 11.8 Å². The highest BCUT2D eigenvalue weighted by atomic mass is 35.5. The van der Waals surface area contributed by atoms with Gasteiger partial charge in [-0.1, -0.05) is 23.7 Å². The van der Waals surface area contributed by atoms with Crippen molar-refractivity contribution >= 4 is 28.8 Å². The van der Waals surface area contributed by atoms with Crippen LogP contribution in [0.5, 0.6) is 0 Å². The van der Waals surface area contributed by atoms with E-state index >= 15 is 0 Å². The van der Waals surface area contributed by atoms with Crippen LogP contribution < -0.4 is 4.90 Å². The van der Waals surface area contributed by atoms with Crippen molar-refractivity contribution in [3.05, 3.63) is 57.8 Å². The average molecular weight is 412 g/mol. The van der Waals surface area contributed by atoms with Gasteiger partial charge < -0.3 is 4.90 Å². The third-order valence-electron chi connectivity index (χ3n) is 5.72. The third-order valence-corrected chi connectivity index (χ3v) is 6.79. The van der Waals surface area contributed by atoms with Gasteiger partial charge in [-0.25, -0.2) is 9.97 Å². The number of likely N-dealkylation sites (tertiary alicyclic amines) is 1. The lowest BCUT2D eigenvalue weighted by Gasteiger charge is -2.21. The van der Waals surface area contributed by atoms with Gasteiger partial charge in [-0.3, -0.25) is 9.88 Å². The van der Waals surface area contributed by atoms with Crippen molar-refractivity contribution in [2.75, 3.05) is 31.1 Å². The Morgan fingerprint density at radius 1 is 1.04 bits per heavy atom. The first-order chi connectivity index (χ1) is 13.6. The van der Waals surface area contributed by atoms with Crippen molar-refractivity contribution in [3.8, 4) is 11.3 Å². The van der Waals surface area contributed by atoms with Crippen LogP contribution in [0.15, 0.2) is 42.0 Å². The summed E-state index contributed by atoms with van der Waals surface area (Å²) in [7, 11) is 0. The number of anilines is 1. The molecule has 0 aliphatic carbocycles. The van der Waals surface area contributed by atoms with Gasteiger partial charge in [-0.05, 0) is 30.9 Å². The molecule has 2 aromatic heterocycles. The molecule has 0 spiro atoms. The summed E-state index contributed by atoms with van der Waals surface area (Å²) in [5, 5.41) is 4.07. The summed E-state index contributed by atoms with van der Waals surface area (Å²) in [6.45, 7) is 7.47. The van der Waals surface area contributed by atoms with E-state index in [4.69, 9.17) is 11.6 Å². The number of rotatable bonds is 4. The highest BCUT2D eigenvalue weighted by Crippen LogP contribution is 2.34. The molecule has 0 bridgehead atoms. The molecule has 144 valence electrons. The zero-order valence-corrected chi connectivity index (χ0v) is 17.3. The van der Waals surface area contributed by atoms with Crippen LogP contribution in [0.2, 0.25) is 5.02 Å². The number of halogens is 1. The molecular formula is C21H22ClN5S. The molecule has 5 nitrogen and oxygen atoms in total. The number of hydrogen-bond donors (Lipinski definition) is 0. The van der Waals surface area contributed by atoms with Crippen LogP contribution in [-0.2, 0) is 6.54 Å². The van der Waals surface area contributed by atoms with Crippen molar-refractivity contribution in [2.45, 2.75) is 13.5 Å². The molecule has 0 radical (unpaired) electrons. The van der Waals surface area contributed by atoms with E-state index in [1.807, 2.05) is 36.7 Å². The summed E-state index contributed by atoms with van der Waals surface area (Å²) in [4.78, 5) is 18.9. The first-order valence-electron chi connectivity index (χ1n) is 9.60. The highest BCUT2D eigenvalue weighted by molar-refractivity contribution is 7.09. The molecule has 2 aliphatic heterocycles. The molecule has 2 fully saturated rings. The van der Waals surface area contributed by atoms with Crippen LogP contribution in [0.1, 0.15) is 10.7 Å². The quantitative estimate of drug-likeness (QED) is 0.645. The Morgan fingerprint density at radius 2 is 1.79 bits per heavy atom. The molecule has 28 heavy (non-hydrogen) atoms. The van der Waals surface area contributed by atoms with Crippen molar-refractivity contribution < 1.29 is 0 Å². The first-order valence-corrected chi connectivity index (χ1v) is 10.9. The zero-order chi connectivity index (χ0) is 19.1. The molecule has 4 heterocycles. The second kappa shape index (κ2) is 7.43. The fraction of sp³-hybridized carbons (Fsp3) is 0.381. The molecule has 0 saturated carbocycles. The number of aryl methyl sites for hydroxylation is 1. The number of nitrogens with zero attached hydrogens (tertiary/aromatic N) is 5. The third kappa shape index (κ3) is 3.64. The average Bonchev–Trinajstić information content (AvgIpc) is 3.38. The largest absolute Gasteiger partial charge is 0.355 e. The summed E-state index contributed by atoms with van der Waals surface area (Å²) < 4.78 is 0. The van der Waals surface area contributed by atoms with E-state index in [1.54, 1.807) is 11.3 Å². The van der Waals surface area contributed by atoms with Crippen molar-refractivity contribution in [1.82, 2.24) is 19.9 Å². The highest BCUT2D eigenvalue weighted by Gasteiger charge is 2.40. The van der Waals surface area contributed by atoms with Crippen LogP contribution in [0.25, 0.3) is 11.3 Å². The monoisotopic (exact) mass is 411 g/mol. The smallest absolute Gasteiger partial charge is 0.147 e. The minimum atomic E-state index is 0.706. The number of fused-ring (bicyclic) bond motifs is 1. The van der Waals surface area contributed by atoms with Crippen molar-refractivity contribution in [3.63, 3.8) is 0 Å². The molecule has 2 aliphatic rings. The first kappa shape index (κ1) is 18.0. The lowest BCUT2D eigenvalue weighted by atomic mass is 10.0. The van der Waals surface area contributed by atoms with Crippen LogP contribution in [0, 0.1) is 18.8 Å². The van der Waals surface area contributed by atoms with Gasteiger partial charge in [0.05, 0.1) is 28.8 Å². The van der Waals surface area contributed by atoms with E-state index in [0.29, 0.717) is 11.8 Å². The number of hydrogen-bond acceptors (Lipinski definition) is 6. The summed E-state index contributed by atoms with van der Waals surface area (Å²) in [6, 6.07) is 7.72. The van der Waals surface area contributed by atoms with Crippen LogP contribution in [0.3, 0.4) is 0 Å². The molecule has 0 N–H and O–H groups in total. The van der Waals surface area contributed by atoms with E-state index in [-0.39, 0.29) is 0 Å². The van der Waals surface area contributed by atoms with Gasteiger partial charge >= 0.3 is 0 Å². The minimum Gasteiger partial charge on any atom is -0.355 e. The van der Waals surface area contributed by atoms with E-state index in [9.17, 15) is 0 Å². The SMILES string of the molecule is Cc1nc(CN2CC3CN(c4cnc(-c5ccc(Cl)cc5)cn4)CC3C2)cs1. The standard InChI is InChI=1S/C21H22ClN5S/c1-14-25-19(13-28-14)12-26-8-16-10-27(11-17(16)9-26)21-7-23-20(6-24-21)15-2-4-18(22)5-3-15/h2-7,13,16-17H,8-12H2,1H3. The predicted molar refractivity (Wildman–Crippen MR) is 114 cm³/mol. The fourth-order valence-corrected chi connectivity index (χ4v) is 5.10. The van der Waals surface area contributed by atoms with Gasteiger partial charge in [-0.2, -0.15) is 0 Å². The van der Waals surface area contributed by atoms with E-state index < -0.39 is 0 Å². The fourth-order valence-electron chi connectivity index (χ4n) is 4.37. The van der Waals surface area contributed by atoms with Crippen LogP contribution in [-0.4, -0.2) is 46.0 Å². The summed E-state index contributed by atoms with van der Waals surface area (Å²) >= 11 is 7.70. The predicted octanol–water partition coefficient (Wildman–Crippen LogP) is 4.13. The molecule has 2 saturated heterocycles. The maximum Gasteiger partial charge on any atom is 0.147 e. The van der Waals surface area contributed by atoms with Gasteiger partial charge in [0.25, 0.3) is 0 Å². The summed E-state index contributed by atoms with van der Waals surface area (Å²) in [5.41, 5.74) is 3.13. The molecule has 0 amide bonds. The van der Waals surface area contributed by atoms with Gasteiger partial charge in [0.1, 0.15) is 5.82 Å². The lowest BCUT2D eigenvalue weighted by Crippen LogP contribution is -2.29. The maximum absolute atomic E-state index is 5.96. The van der Waals surface area contributed by atoms with E-state index in [2.05, 4.69) is 37.1 Å². The number of benzene rings is 1. The van der Waals surface area contributed by atoms with Gasteiger partial charge in [0.2, 0.25) is 0 Å². The molecule has 7 heteroatoms. The minimum absolute atomic E-state index is 0.706. The normalized spacial score (nSPS) is 22.0. The second-order valence-corrected chi connectivity index (χ2v) is 9.24. The Balaban J connectivity index is 1.21. The Kier molecular flexibility index (Phi) is 4.78. The van der Waals surface area contributed by atoms with E-state index in [1.165, 1.54) is 5.69 Å². The summed E-state index contributed by atoms with van der Waals surface area (Å²) in [6.07, 6.45) is 3.77. The van der Waals surface area contributed by atoms with Crippen LogP contribution in [0.4, 0.5) is 5.82 Å². The Morgan fingerprint density at radius 3 is 2.39 bits per heavy atom. The molecule has 1 aromatic carbocycles. The number of aromatic nitrogens is 3. The molecular weight excluding hydrogens is 390 g/mol. The Bertz CT molecular complexity index is 942. The zero-order valence-electron chi connectivity index (χ0n) is 15.8. The topological polar surface area (TPSA) is 45.2 Å². The van der Waals surface area contributed by atoms with Crippen molar-refractivity contribution in [1.29, 1.82) is 0 Å². The molecule has 2 atom stereocenters. The maximum atomic E-state index is 5.96.